The summed E-state index contributed by atoms with van der Waals surface area (Å²) in [7, 11) is 4.68. The van der Waals surface area contributed by atoms with Crippen LogP contribution in [-0.4, -0.2) is 81.1 Å². The number of hydrogen-bond donors (Lipinski definition) is 4. The Morgan fingerprint density at radius 2 is 1.75 bits per heavy atom. The molecule has 3 heterocycles. The molecule has 1 aliphatic heterocycles. The maximum absolute atomic E-state index is 10.3. The minimum absolute atomic E-state index is 0.309. The minimum atomic E-state index is -1.25. The zero-order valence-electron chi connectivity index (χ0n) is 17.8. The third-order valence-electron chi connectivity index (χ3n) is 5.40. The number of methoxy groups -OCH3 is 3. The monoisotopic (exact) mass is 447 g/mol. The van der Waals surface area contributed by atoms with Crippen molar-refractivity contribution in [1.29, 1.82) is 0 Å². The normalized spacial score (nSPS) is 22.8. The molecular formula is C20H25N5O7. The van der Waals surface area contributed by atoms with Gasteiger partial charge >= 0.3 is 0 Å². The molecule has 0 unspecified atom stereocenters. The van der Waals surface area contributed by atoms with Gasteiger partial charge in [0.2, 0.25) is 0 Å². The molecule has 32 heavy (non-hydrogen) atoms. The molecule has 2 aromatic heterocycles. The largest absolute Gasteiger partial charge is 0.496 e. The van der Waals surface area contributed by atoms with Gasteiger partial charge in [-0.05, 0) is 0 Å². The lowest BCUT2D eigenvalue weighted by Gasteiger charge is -2.17. The van der Waals surface area contributed by atoms with Gasteiger partial charge in [0.25, 0.3) is 0 Å². The molecule has 12 nitrogen and oxygen atoms in total. The molecule has 4 N–H and O–H groups in total. The molecule has 4 atom stereocenters. The van der Waals surface area contributed by atoms with E-state index in [0.717, 1.165) is 5.56 Å². The molecule has 0 amide bonds. The quantitative estimate of drug-likeness (QED) is 0.371. The van der Waals surface area contributed by atoms with Crippen molar-refractivity contribution in [2.75, 3.05) is 33.3 Å². The Bertz CT molecular complexity index is 1070. The molecule has 12 heteroatoms. The summed E-state index contributed by atoms with van der Waals surface area (Å²) in [6.45, 7) is -0.113. The van der Waals surface area contributed by atoms with Crippen molar-refractivity contribution in [3.8, 4) is 17.2 Å². The van der Waals surface area contributed by atoms with E-state index in [9.17, 15) is 15.3 Å². The first kappa shape index (κ1) is 22.0. The van der Waals surface area contributed by atoms with Crippen LogP contribution in [-0.2, 0) is 11.3 Å². The van der Waals surface area contributed by atoms with Crippen molar-refractivity contribution < 1.29 is 34.3 Å². The number of rotatable bonds is 8. The van der Waals surface area contributed by atoms with Crippen LogP contribution in [0, 0.1) is 0 Å². The Morgan fingerprint density at radius 1 is 1.03 bits per heavy atom. The molecule has 0 radical (unpaired) electrons. The molecule has 4 rings (SSSR count). The van der Waals surface area contributed by atoms with Crippen molar-refractivity contribution >= 4 is 17.0 Å². The second-order valence-corrected chi connectivity index (χ2v) is 7.14. The van der Waals surface area contributed by atoms with E-state index in [2.05, 4.69) is 20.3 Å². The summed E-state index contributed by atoms with van der Waals surface area (Å²) < 4.78 is 23.3. The van der Waals surface area contributed by atoms with Gasteiger partial charge in [0.05, 0.1) is 39.8 Å². The van der Waals surface area contributed by atoms with Crippen molar-refractivity contribution in [3.63, 3.8) is 0 Å². The highest BCUT2D eigenvalue weighted by Crippen LogP contribution is 2.35. The maximum atomic E-state index is 10.3. The van der Waals surface area contributed by atoms with Gasteiger partial charge in [0.1, 0.15) is 41.9 Å². The van der Waals surface area contributed by atoms with E-state index < -0.39 is 31.1 Å². The first-order valence-corrected chi connectivity index (χ1v) is 9.85. The van der Waals surface area contributed by atoms with Gasteiger partial charge in [-0.15, -0.1) is 0 Å². The highest BCUT2D eigenvalue weighted by atomic mass is 16.6. The Balaban J connectivity index is 1.63. The fraction of sp³-hybridized carbons (Fsp3) is 0.450. The predicted molar refractivity (Wildman–Crippen MR) is 112 cm³/mol. The lowest BCUT2D eigenvalue weighted by molar-refractivity contribution is -0.0511. The molecule has 1 saturated heterocycles. The van der Waals surface area contributed by atoms with Crippen LogP contribution >= 0.6 is 0 Å². The molecule has 3 aromatic rings. The summed E-state index contributed by atoms with van der Waals surface area (Å²) >= 11 is 0. The summed E-state index contributed by atoms with van der Waals surface area (Å²) in [4.78, 5) is 12.9. The van der Waals surface area contributed by atoms with Crippen LogP contribution in [0.1, 0.15) is 11.8 Å². The Hall–Kier alpha value is -3.19. The van der Waals surface area contributed by atoms with Crippen LogP contribution in [0.15, 0.2) is 24.8 Å². The molecule has 0 aliphatic carbocycles. The summed E-state index contributed by atoms with van der Waals surface area (Å²) in [6.07, 6.45) is -1.52. The van der Waals surface area contributed by atoms with Crippen molar-refractivity contribution in [1.82, 2.24) is 19.5 Å². The van der Waals surface area contributed by atoms with Gasteiger partial charge in [0, 0.05) is 18.7 Å². The summed E-state index contributed by atoms with van der Waals surface area (Å²) in [5, 5.41) is 32.9. The Labute approximate surface area is 183 Å². The smallest absolute Gasteiger partial charge is 0.167 e. The SMILES string of the molecule is COc1cc(OC)c(CNc2ncnc3c2ncn3[C@@H]2O[C@H](CO)[C@@H](O)[C@@H]2O)c(OC)c1. The molecule has 1 fully saturated rings. The fourth-order valence-electron chi connectivity index (χ4n) is 3.70. The number of benzene rings is 1. The Morgan fingerprint density at radius 3 is 2.34 bits per heavy atom. The number of ether oxygens (including phenoxy) is 4. The van der Waals surface area contributed by atoms with E-state index in [0.29, 0.717) is 40.8 Å². The van der Waals surface area contributed by atoms with Gasteiger partial charge in [-0.2, -0.15) is 0 Å². The number of aliphatic hydroxyl groups is 3. The topological polar surface area (TPSA) is 153 Å². The molecule has 0 bridgehead atoms. The fourth-order valence-corrected chi connectivity index (χ4v) is 3.70. The second kappa shape index (κ2) is 9.12. The lowest BCUT2D eigenvalue weighted by Crippen LogP contribution is -2.33. The van der Waals surface area contributed by atoms with Crippen LogP contribution in [0.3, 0.4) is 0 Å². The number of anilines is 1. The minimum Gasteiger partial charge on any atom is -0.496 e. The van der Waals surface area contributed by atoms with E-state index in [1.54, 1.807) is 33.5 Å². The number of imidazole rings is 1. The second-order valence-electron chi connectivity index (χ2n) is 7.14. The third-order valence-corrected chi connectivity index (χ3v) is 5.40. The van der Waals surface area contributed by atoms with Crippen LogP contribution in [0.25, 0.3) is 11.2 Å². The molecular weight excluding hydrogens is 422 g/mol. The van der Waals surface area contributed by atoms with E-state index in [1.807, 2.05) is 0 Å². The number of fused-ring (bicyclic) bond motifs is 1. The zero-order valence-corrected chi connectivity index (χ0v) is 17.8. The van der Waals surface area contributed by atoms with Gasteiger partial charge in [0.15, 0.2) is 23.2 Å². The van der Waals surface area contributed by atoms with Crippen LogP contribution in [0.2, 0.25) is 0 Å². The Kier molecular flexibility index (Phi) is 6.28. The summed E-state index contributed by atoms with van der Waals surface area (Å²) in [5.41, 5.74) is 1.59. The van der Waals surface area contributed by atoms with E-state index in [-0.39, 0.29) is 0 Å². The number of nitrogens with zero attached hydrogens (tertiary/aromatic N) is 4. The zero-order chi connectivity index (χ0) is 22.8. The van der Waals surface area contributed by atoms with Gasteiger partial charge in [-0.1, -0.05) is 0 Å². The van der Waals surface area contributed by atoms with Gasteiger partial charge in [-0.25, -0.2) is 15.0 Å². The van der Waals surface area contributed by atoms with E-state index in [1.165, 1.54) is 17.2 Å². The average molecular weight is 447 g/mol. The highest BCUT2D eigenvalue weighted by Gasteiger charge is 2.44. The molecule has 1 aromatic carbocycles. The van der Waals surface area contributed by atoms with E-state index >= 15 is 0 Å². The van der Waals surface area contributed by atoms with Crippen LogP contribution < -0.4 is 19.5 Å². The predicted octanol–water partition coefficient (Wildman–Crippen LogP) is 0.0757. The van der Waals surface area contributed by atoms with Gasteiger partial charge in [-0.3, -0.25) is 4.57 Å². The van der Waals surface area contributed by atoms with E-state index in [4.69, 9.17) is 18.9 Å². The maximum Gasteiger partial charge on any atom is 0.167 e. The molecule has 0 spiro atoms. The number of hydrogen-bond acceptors (Lipinski definition) is 11. The number of aromatic nitrogens is 4. The first-order chi connectivity index (χ1) is 15.5. The number of nitrogens with one attached hydrogen (secondary N) is 1. The molecule has 1 aliphatic rings. The lowest BCUT2D eigenvalue weighted by atomic mass is 10.1. The van der Waals surface area contributed by atoms with Crippen LogP contribution in [0.5, 0.6) is 17.2 Å². The van der Waals surface area contributed by atoms with Crippen molar-refractivity contribution in [2.45, 2.75) is 31.1 Å². The van der Waals surface area contributed by atoms with Crippen molar-refractivity contribution in [3.05, 3.63) is 30.4 Å². The van der Waals surface area contributed by atoms with Crippen LogP contribution in [0.4, 0.5) is 5.82 Å². The standard InChI is InChI=1S/C20H25N5O7/c1-29-10-4-12(30-2)11(13(5-10)31-3)6-21-18-15-19(23-8-22-18)25(9-24-15)20-17(28)16(27)14(7-26)32-20/h4-5,8-9,14,16-17,20,26-28H,6-7H2,1-3H3,(H,21,22,23)/t14-,16-,17+,20-/m1/s1. The number of aliphatic hydroxyl groups excluding tert-OH is 3. The summed E-state index contributed by atoms with van der Waals surface area (Å²) in [5.74, 6) is 2.21. The third kappa shape index (κ3) is 3.77. The average Bonchev–Trinajstić information content (AvgIpc) is 3.38. The van der Waals surface area contributed by atoms with Crippen molar-refractivity contribution in [2.24, 2.45) is 0 Å². The molecule has 172 valence electrons. The summed E-state index contributed by atoms with van der Waals surface area (Å²) in [6, 6.07) is 3.51. The highest BCUT2D eigenvalue weighted by molar-refractivity contribution is 5.82. The molecule has 0 saturated carbocycles. The van der Waals surface area contributed by atoms with Gasteiger partial charge < -0.3 is 39.6 Å². The first-order valence-electron chi connectivity index (χ1n) is 9.85.